The Morgan fingerprint density at radius 2 is 1.80 bits per heavy atom. The number of urea groups is 1. The molecule has 0 radical (unpaired) electrons. The molecule has 0 atom stereocenters. The van der Waals surface area contributed by atoms with Crippen LogP contribution < -0.4 is 10.6 Å². The number of carbonyl (C=O) groups is 1. The lowest BCUT2D eigenvalue weighted by Gasteiger charge is -2.07. The summed E-state index contributed by atoms with van der Waals surface area (Å²) >= 11 is 0. The molecule has 0 saturated heterocycles. The molecule has 2 aromatic carbocycles. The molecular formula is C19H20N4O2. The van der Waals surface area contributed by atoms with E-state index in [1.807, 2.05) is 50.2 Å². The Hall–Kier alpha value is -3.15. The summed E-state index contributed by atoms with van der Waals surface area (Å²) in [5.41, 5.74) is 5.20. The summed E-state index contributed by atoms with van der Waals surface area (Å²) in [6.45, 7) is 6.02. The van der Waals surface area contributed by atoms with E-state index in [2.05, 4.69) is 33.8 Å². The first-order valence-electron chi connectivity index (χ1n) is 8.03. The SMILES string of the molecule is Cc1ccc(Cc2nnc(NC(=O)Nc3ccccc3C)o2)c(C)c1. The monoisotopic (exact) mass is 336 g/mol. The lowest BCUT2D eigenvalue weighted by Crippen LogP contribution is -2.20. The van der Waals surface area contributed by atoms with Gasteiger partial charge in [0.05, 0.1) is 6.42 Å². The standard InChI is InChI=1S/C19H20N4O2/c1-12-8-9-15(14(3)10-12)11-17-22-23-19(25-17)21-18(24)20-16-7-5-4-6-13(16)2/h4-10H,11H2,1-3H3,(H2,20,21,23,24). The van der Waals surface area contributed by atoms with Gasteiger partial charge in [0, 0.05) is 5.69 Å². The first-order valence-corrected chi connectivity index (χ1v) is 8.03. The minimum absolute atomic E-state index is 0.0749. The van der Waals surface area contributed by atoms with Gasteiger partial charge >= 0.3 is 12.0 Å². The van der Waals surface area contributed by atoms with Gasteiger partial charge in [0.15, 0.2) is 0 Å². The minimum atomic E-state index is -0.420. The fourth-order valence-electron chi connectivity index (χ4n) is 2.55. The average Bonchev–Trinajstić information content (AvgIpc) is 2.99. The Morgan fingerprint density at radius 1 is 1.00 bits per heavy atom. The normalized spacial score (nSPS) is 10.5. The van der Waals surface area contributed by atoms with Crippen LogP contribution in [0.4, 0.5) is 16.5 Å². The van der Waals surface area contributed by atoms with Crippen LogP contribution in [0.15, 0.2) is 46.9 Å². The number of hydrogen-bond donors (Lipinski definition) is 2. The lowest BCUT2D eigenvalue weighted by atomic mass is 10.0. The maximum absolute atomic E-state index is 12.0. The lowest BCUT2D eigenvalue weighted by molar-refractivity contribution is 0.261. The minimum Gasteiger partial charge on any atom is -0.407 e. The van der Waals surface area contributed by atoms with Gasteiger partial charge in [-0.25, -0.2) is 4.79 Å². The third kappa shape index (κ3) is 4.23. The number of hydrogen-bond acceptors (Lipinski definition) is 4. The largest absolute Gasteiger partial charge is 0.407 e. The molecule has 0 unspecified atom stereocenters. The van der Waals surface area contributed by atoms with Crippen molar-refractivity contribution in [2.75, 3.05) is 10.6 Å². The zero-order chi connectivity index (χ0) is 17.8. The fourth-order valence-corrected chi connectivity index (χ4v) is 2.55. The van der Waals surface area contributed by atoms with E-state index in [0.29, 0.717) is 12.3 Å². The van der Waals surface area contributed by atoms with Gasteiger partial charge in [-0.1, -0.05) is 47.1 Å². The Bertz CT molecular complexity index is 902. The number of benzene rings is 2. The van der Waals surface area contributed by atoms with Crippen molar-refractivity contribution in [3.05, 3.63) is 70.6 Å². The molecular weight excluding hydrogens is 316 g/mol. The van der Waals surface area contributed by atoms with Crippen molar-refractivity contribution in [3.63, 3.8) is 0 Å². The van der Waals surface area contributed by atoms with E-state index in [1.165, 1.54) is 11.1 Å². The number of aryl methyl sites for hydroxylation is 3. The topological polar surface area (TPSA) is 80.0 Å². The van der Waals surface area contributed by atoms with E-state index in [1.54, 1.807) is 0 Å². The van der Waals surface area contributed by atoms with E-state index in [4.69, 9.17) is 4.42 Å². The molecule has 0 aliphatic carbocycles. The highest BCUT2D eigenvalue weighted by Crippen LogP contribution is 2.17. The number of carbonyl (C=O) groups excluding carboxylic acids is 1. The zero-order valence-electron chi connectivity index (χ0n) is 14.5. The molecule has 0 aliphatic rings. The summed E-state index contributed by atoms with van der Waals surface area (Å²) in [5, 5.41) is 13.2. The van der Waals surface area contributed by atoms with Gasteiger partial charge < -0.3 is 9.73 Å². The van der Waals surface area contributed by atoms with Crippen LogP contribution in [0.1, 0.15) is 28.1 Å². The molecule has 0 saturated carbocycles. The van der Waals surface area contributed by atoms with Crippen molar-refractivity contribution in [2.45, 2.75) is 27.2 Å². The second-order valence-electron chi connectivity index (χ2n) is 6.00. The maximum Gasteiger partial charge on any atom is 0.327 e. The van der Waals surface area contributed by atoms with Crippen LogP contribution in [0, 0.1) is 20.8 Å². The molecule has 0 aliphatic heterocycles. The third-order valence-electron chi connectivity index (χ3n) is 3.92. The summed E-state index contributed by atoms with van der Waals surface area (Å²) in [6, 6.07) is 13.4. The van der Waals surface area contributed by atoms with Gasteiger partial charge in [-0.15, -0.1) is 5.10 Å². The van der Waals surface area contributed by atoms with Crippen molar-refractivity contribution in [1.29, 1.82) is 0 Å². The van der Waals surface area contributed by atoms with Crippen LogP contribution in [0.2, 0.25) is 0 Å². The summed E-state index contributed by atoms with van der Waals surface area (Å²) in [4.78, 5) is 12.0. The number of aromatic nitrogens is 2. The molecule has 2 amide bonds. The maximum atomic E-state index is 12.0. The van der Waals surface area contributed by atoms with E-state index in [0.717, 1.165) is 16.8 Å². The average molecular weight is 336 g/mol. The highest BCUT2D eigenvalue weighted by molar-refractivity contribution is 5.98. The number of para-hydroxylation sites is 1. The Labute approximate surface area is 146 Å². The molecule has 128 valence electrons. The van der Waals surface area contributed by atoms with Crippen molar-refractivity contribution in [1.82, 2.24) is 10.2 Å². The number of amides is 2. The van der Waals surface area contributed by atoms with Crippen molar-refractivity contribution >= 4 is 17.7 Å². The molecule has 6 nitrogen and oxygen atoms in total. The summed E-state index contributed by atoms with van der Waals surface area (Å²) < 4.78 is 5.52. The smallest absolute Gasteiger partial charge is 0.327 e. The Kier molecular flexibility index (Phi) is 4.79. The predicted octanol–water partition coefficient (Wildman–Crippen LogP) is 4.23. The van der Waals surface area contributed by atoms with Gasteiger partial charge in [0.2, 0.25) is 5.89 Å². The summed E-state index contributed by atoms with van der Waals surface area (Å²) in [5.74, 6) is 0.457. The van der Waals surface area contributed by atoms with Crippen LogP contribution >= 0.6 is 0 Å². The molecule has 3 aromatic rings. The third-order valence-corrected chi connectivity index (χ3v) is 3.92. The van der Waals surface area contributed by atoms with Gasteiger partial charge in [0.25, 0.3) is 0 Å². The molecule has 0 spiro atoms. The van der Waals surface area contributed by atoms with Crippen molar-refractivity contribution in [2.24, 2.45) is 0 Å². The zero-order valence-corrected chi connectivity index (χ0v) is 14.5. The van der Waals surface area contributed by atoms with Gasteiger partial charge in [-0.05, 0) is 43.5 Å². The van der Waals surface area contributed by atoms with Crippen molar-refractivity contribution in [3.8, 4) is 0 Å². The molecule has 2 N–H and O–H groups in total. The van der Waals surface area contributed by atoms with E-state index in [-0.39, 0.29) is 6.01 Å². The Balaban J connectivity index is 1.63. The molecule has 0 fully saturated rings. The van der Waals surface area contributed by atoms with Crippen LogP contribution in [0.5, 0.6) is 0 Å². The number of nitrogens with one attached hydrogen (secondary N) is 2. The fraction of sp³-hybridized carbons (Fsp3) is 0.211. The van der Waals surface area contributed by atoms with Gasteiger partial charge in [0.1, 0.15) is 0 Å². The molecule has 1 heterocycles. The summed E-state index contributed by atoms with van der Waals surface area (Å²) in [6.07, 6.45) is 0.528. The van der Waals surface area contributed by atoms with Gasteiger partial charge in [-0.2, -0.15) is 0 Å². The molecule has 3 rings (SSSR count). The first-order chi connectivity index (χ1) is 12.0. The van der Waals surface area contributed by atoms with Crippen LogP contribution in [-0.4, -0.2) is 16.2 Å². The number of rotatable bonds is 4. The second kappa shape index (κ2) is 7.17. The molecule has 0 bridgehead atoms. The summed E-state index contributed by atoms with van der Waals surface area (Å²) in [7, 11) is 0. The van der Waals surface area contributed by atoms with E-state index < -0.39 is 6.03 Å². The van der Waals surface area contributed by atoms with Crippen molar-refractivity contribution < 1.29 is 9.21 Å². The predicted molar refractivity (Wildman–Crippen MR) is 96.8 cm³/mol. The van der Waals surface area contributed by atoms with Crippen LogP contribution in [0.25, 0.3) is 0 Å². The van der Waals surface area contributed by atoms with Gasteiger partial charge in [-0.3, -0.25) is 5.32 Å². The van der Waals surface area contributed by atoms with E-state index >= 15 is 0 Å². The molecule has 6 heteroatoms. The first kappa shape index (κ1) is 16.7. The quantitative estimate of drug-likeness (QED) is 0.747. The Morgan fingerprint density at radius 3 is 2.56 bits per heavy atom. The van der Waals surface area contributed by atoms with Crippen LogP contribution in [-0.2, 0) is 6.42 Å². The van der Waals surface area contributed by atoms with E-state index in [9.17, 15) is 4.79 Å². The highest BCUT2D eigenvalue weighted by Gasteiger charge is 2.12. The number of nitrogens with zero attached hydrogens (tertiary/aromatic N) is 2. The van der Waals surface area contributed by atoms with Crippen LogP contribution in [0.3, 0.4) is 0 Å². The second-order valence-corrected chi connectivity index (χ2v) is 6.00. The molecule has 25 heavy (non-hydrogen) atoms. The molecule has 1 aromatic heterocycles. The number of anilines is 2. The highest BCUT2D eigenvalue weighted by atomic mass is 16.4.